The van der Waals surface area contributed by atoms with Gasteiger partial charge in [-0.1, -0.05) is 6.58 Å². The van der Waals surface area contributed by atoms with Gasteiger partial charge in [0.1, 0.15) is 19.0 Å². The molecule has 0 radical (unpaired) electrons. The molecule has 13 heavy (non-hydrogen) atoms. The molecule has 0 amide bonds. The minimum absolute atomic E-state index is 0.273. The average Bonchev–Trinajstić information content (AvgIpc) is 2.15. The Morgan fingerprint density at radius 3 is 2.54 bits per heavy atom. The number of carbonyl (C=O) groups is 1. The van der Waals surface area contributed by atoms with Crippen molar-refractivity contribution < 1.29 is 19.0 Å². The summed E-state index contributed by atoms with van der Waals surface area (Å²) in [7, 11) is 0. The molecule has 0 bridgehead atoms. The summed E-state index contributed by atoms with van der Waals surface area (Å²) in [5, 5.41) is 0. The molecule has 1 aliphatic heterocycles. The van der Waals surface area contributed by atoms with Crippen molar-refractivity contribution >= 4 is 5.97 Å². The summed E-state index contributed by atoms with van der Waals surface area (Å²) in [5.74, 6) is 0.0256. The first-order chi connectivity index (χ1) is 6.29. The zero-order chi connectivity index (χ0) is 9.52. The maximum atomic E-state index is 10.9. The Kier molecular flexibility index (Phi) is 4.05. The molecule has 0 saturated heterocycles. The van der Waals surface area contributed by atoms with Gasteiger partial charge in [-0.3, -0.25) is 0 Å². The van der Waals surface area contributed by atoms with Gasteiger partial charge >= 0.3 is 5.97 Å². The molecule has 0 aliphatic carbocycles. The topological polar surface area (TPSA) is 44.8 Å². The molecular weight excluding hydrogens is 172 g/mol. The smallest absolute Gasteiger partial charge is 0.330 e. The SMILES string of the molecule is C=C1/C=C\C(=O)OCCOCCO1. The first-order valence-electron chi connectivity index (χ1n) is 4.03. The zero-order valence-corrected chi connectivity index (χ0v) is 7.32. The number of ether oxygens (including phenoxy) is 3. The van der Waals surface area contributed by atoms with Crippen LogP contribution in [0.25, 0.3) is 0 Å². The summed E-state index contributed by atoms with van der Waals surface area (Å²) < 4.78 is 15.0. The van der Waals surface area contributed by atoms with E-state index in [0.29, 0.717) is 25.6 Å². The van der Waals surface area contributed by atoms with Crippen LogP contribution < -0.4 is 0 Å². The molecule has 0 spiro atoms. The second kappa shape index (κ2) is 5.37. The maximum absolute atomic E-state index is 10.9. The van der Waals surface area contributed by atoms with Crippen molar-refractivity contribution in [3.05, 3.63) is 24.5 Å². The highest BCUT2D eigenvalue weighted by Crippen LogP contribution is 1.97. The van der Waals surface area contributed by atoms with Gasteiger partial charge in [0.25, 0.3) is 0 Å². The highest BCUT2D eigenvalue weighted by molar-refractivity contribution is 5.82. The lowest BCUT2D eigenvalue weighted by Crippen LogP contribution is -2.10. The van der Waals surface area contributed by atoms with Crippen LogP contribution in [0.15, 0.2) is 24.5 Å². The van der Waals surface area contributed by atoms with E-state index in [-0.39, 0.29) is 6.61 Å². The molecular formula is C9H12O4. The van der Waals surface area contributed by atoms with Crippen LogP contribution in [-0.2, 0) is 19.0 Å². The Balaban J connectivity index is 2.46. The quantitative estimate of drug-likeness (QED) is 0.518. The van der Waals surface area contributed by atoms with Crippen LogP contribution in [0.5, 0.6) is 0 Å². The number of hydrogen-bond donors (Lipinski definition) is 0. The Morgan fingerprint density at radius 1 is 1.08 bits per heavy atom. The van der Waals surface area contributed by atoms with Crippen LogP contribution in [0.1, 0.15) is 0 Å². The van der Waals surface area contributed by atoms with Crippen molar-refractivity contribution in [3.8, 4) is 0 Å². The van der Waals surface area contributed by atoms with Crippen LogP contribution in [0.3, 0.4) is 0 Å². The molecule has 0 aromatic carbocycles. The van der Waals surface area contributed by atoms with Gasteiger partial charge in [0, 0.05) is 6.08 Å². The molecule has 0 fully saturated rings. The molecule has 0 aromatic rings. The third-order valence-corrected chi connectivity index (χ3v) is 1.39. The zero-order valence-electron chi connectivity index (χ0n) is 7.32. The van der Waals surface area contributed by atoms with Gasteiger partial charge < -0.3 is 14.2 Å². The lowest BCUT2D eigenvalue weighted by atomic mass is 10.4. The number of rotatable bonds is 0. The molecule has 72 valence electrons. The largest absolute Gasteiger partial charge is 0.492 e. The minimum Gasteiger partial charge on any atom is -0.492 e. The van der Waals surface area contributed by atoms with E-state index < -0.39 is 5.97 Å². The van der Waals surface area contributed by atoms with Crippen molar-refractivity contribution in [1.29, 1.82) is 0 Å². The van der Waals surface area contributed by atoms with E-state index in [4.69, 9.17) is 14.2 Å². The summed E-state index contributed by atoms with van der Waals surface area (Å²) in [5.41, 5.74) is 0. The normalized spacial score (nSPS) is 22.5. The van der Waals surface area contributed by atoms with Crippen LogP contribution in [-0.4, -0.2) is 32.4 Å². The van der Waals surface area contributed by atoms with Crippen molar-refractivity contribution in [2.45, 2.75) is 0 Å². The summed E-state index contributed by atoms with van der Waals surface area (Å²) in [4.78, 5) is 10.9. The summed E-state index contributed by atoms with van der Waals surface area (Å²) in [6.07, 6.45) is 2.77. The molecule has 0 saturated carbocycles. The Hall–Kier alpha value is -1.29. The number of hydrogen-bond acceptors (Lipinski definition) is 4. The van der Waals surface area contributed by atoms with E-state index in [2.05, 4.69) is 6.58 Å². The van der Waals surface area contributed by atoms with Crippen molar-refractivity contribution in [3.63, 3.8) is 0 Å². The molecule has 4 nitrogen and oxygen atoms in total. The standard InChI is InChI=1S/C9H12O4/c1-8-2-3-9(10)13-7-5-11-4-6-12-8/h2-3H,1,4-7H2/b3-2-. The molecule has 0 unspecified atom stereocenters. The first kappa shape index (κ1) is 9.80. The Morgan fingerprint density at radius 2 is 1.77 bits per heavy atom. The fourth-order valence-corrected chi connectivity index (χ4v) is 0.792. The molecule has 0 atom stereocenters. The number of allylic oxidation sites excluding steroid dienone is 1. The predicted molar refractivity (Wildman–Crippen MR) is 46.0 cm³/mol. The minimum atomic E-state index is -0.407. The van der Waals surface area contributed by atoms with Crippen LogP contribution in [0.4, 0.5) is 0 Å². The second-order valence-corrected chi connectivity index (χ2v) is 2.43. The highest BCUT2D eigenvalue weighted by Gasteiger charge is 1.99. The maximum Gasteiger partial charge on any atom is 0.330 e. The van der Waals surface area contributed by atoms with E-state index in [1.165, 1.54) is 12.2 Å². The summed E-state index contributed by atoms with van der Waals surface area (Å²) in [6.45, 7) is 5.17. The van der Waals surface area contributed by atoms with E-state index in [9.17, 15) is 4.79 Å². The van der Waals surface area contributed by atoms with Crippen LogP contribution in [0, 0.1) is 0 Å². The van der Waals surface area contributed by atoms with E-state index in [1.54, 1.807) is 0 Å². The average molecular weight is 184 g/mol. The molecule has 1 heterocycles. The van der Waals surface area contributed by atoms with Crippen LogP contribution >= 0.6 is 0 Å². The monoisotopic (exact) mass is 184 g/mol. The van der Waals surface area contributed by atoms with Gasteiger partial charge in [-0.25, -0.2) is 4.79 Å². The van der Waals surface area contributed by atoms with Gasteiger partial charge in [0.05, 0.1) is 13.2 Å². The predicted octanol–water partition coefficient (Wildman–Crippen LogP) is 0.646. The number of carbonyl (C=O) groups excluding carboxylic acids is 1. The van der Waals surface area contributed by atoms with Gasteiger partial charge in [0.15, 0.2) is 0 Å². The first-order valence-corrected chi connectivity index (χ1v) is 4.03. The van der Waals surface area contributed by atoms with Gasteiger partial charge in [-0.05, 0) is 6.08 Å². The van der Waals surface area contributed by atoms with Crippen molar-refractivity contribution in [2.75, 3.05) is 26.4 Å². The highest BCUT2D eigenvalue weighted by atomic mass is 16.6. The fourth-order valence-electron chi connectivity index (χ4n) is 0.792. The lowest BCUT2D eigenvalue weighted by molar-refractivity contribution is -0.139. The Labute approximate surface area is 76.8 Å². The third-order valence-electron chi connectivity index (χ3n) is 1.39. The summed E-state index contributed by atoms with van der Waals surface area (Å²) in [6, 6.07) is 0. The van der Waals surface area contributed by atoms with E-state index in [0.717, 1.165) is 0 Å². The molecule has 4 heteroatoms. The number of esters is 1. The lowest BCUT2D eigenvalue weighted by Gasteiger charge is -2.04. The number of cyclic esters (lactones) is 1. The van der Waals surface area contributed by atoms with E-state index >= 15 is 0 Å². The van der Waals surface area contributed by atoms with Crippen LogP contribution in [0.2, 0.25) is 0 Å². The third kappa shape index (κ3) is 4.32. The summed E-state index contributed by atoms with van der Waals surface area (Å²) >= 11 is 0. The van der Waals surface area contributed by atoms with Crippen molar-refractivity contribution in [2.24, 2.45) is 0 Å². The second-order valence-electron chi connectivity index (χ2n) is 2.43. The van der Waals surface area contributed by atoms with E-state index in [1.807, 2.05) is 0 Å². The molecule has 1 rings (SSSR count). The van der Waals surface area contributed by atoms with Gasteiger partial charge in [-0.2, -0.15) is 0 Å². The molecule has 0 aromatic heterocycles. The Bertz CT molecular complexity index is 198. The van der Waals surface area contributed by atoms with Crippen molar-refractivity contribution in [1.82, 2.24) is 0 Å². The van der Waals surface area contributed by atoms with Gasteiger partial charge in [-0.15, -0.1) is 0 Å². The fraction of sp³-hybridized carbons (Fsp3) is 0.444. The molecule has 0 N–H and O–H groups in total. The van der Waals surface area contributed by atoms with Gasteiger partial charge in [0.2, 0.25) is 0 Å². The molecule has 1 aliphatic rings.